The third-order valence-corrected chi connectivity index (χ3v) is 4.14. The predicted octanol–water partition coefficient (Wildman–Crippen LogP) is 2.48. The van der Waals surface area contributed by atoms with Crippen LogP contribution in [-0.4, -0.2) is 28.8 Å². The molecule has 1 aliphatic rings. The normalized spacial score (nSPS) is 16.8. The highest BCUT2D eigenvalue weighted by Gasteiger charge is 2.19. The van der Waals surface area contributed by atoms with Gasteiger partial charge in [0.2, 0.25) is 5.91 Å². The molecule has 0 unspecified atom stereocenters. The molecule has 0 bridgehead atoms. The van der Waals surface area contributed by atoms with Gasteiger partial charge in [-0.1, -0.05) is 24.3 Å². The van der Waals surface area contributed by atoms with Crippen LogP contribution < -0.4 is 5.32 Å². The number of nitrogens with one attached hydrogen (secondary N) is 1. The van der Waals surface area contributed by atoms with E-state index >= 15 is 0 Å². The van der Waals surface area contributed by atoms with Crippen molar-refractivity contribution in [1.29, 1.82) is 0 Å². The van der Waals surface area contributed by atoms with E-state index in [2.05, 4.69) is 34.7 Å². The van der Waals surface area contributed by atoms with E-state index in [0.717, 1.165) is 19.3 Å². The molecular formula is C18H23N3O2. The van der Waals surface area contributed by atoms with Crippen LogP contribution in [-0.2, 0) is 22.5 Å². The molecule has 0 aliphatic heterocycles. The van der Waals surface area contributed by atoms with Gasteiger partial charge in [-0.3, -0.25) is 9.48 Å². The van der Waals surface area contributed by atoms with E-state index in [9.17, 15) is 4.79 Å². The van der Waals surface area contributed by atoms with Crippen LogP contribution in [0.25, 0.3) is 0 Å². The van der Waals surface area contributed by atoms with E-state index in [4.69, 9.17) is 4.74 Å². The largest absolute Gasteiger partial charge is 0.373 e. The third-order valence-electron chi connectivity index (χ3n) is 4.14. The first-order valence-electron chi connectivity index (χ1n) is 8.26. The van der Waals surface area contributed by atoms with Crippen molar-refractivity contribution in [2.45, 2.75) is 38.3 Å². The fraction of sp³-hybridized carbons (Fsp3) is 0.444. The van der Waals surface area contributed by atoms with Crippen molar-refractivity contribution in [3.8, 4) is 0 Å². The van der Waals surface area contributed by atoms with Crippen LogP contribution in [0.15, 0.2) is 42.7 Å². The minimum absolute atomic E-state index is 0.0169. The maximum absolute atomic E-state index is 11.7. The molecule has 1 aliphatic carbocycles. The van der Waals surface area contributed by atoms with Gasteiger partial charge in [-0.25, -0.2) is 0 Å². The van der Waals surface area contributed by atoms with E-state index in [1.165, 1.54) is 17.5 Å². The SMILES string of the molecule is O=C(Cn1cccn1)NCCCO[C@@H]1CCCc2ccccc21. The van der Waals surface area contributed by atoms with Crippen molar-refractivity contribution < 1.29 is 9.53 Å². The van der Waals surface area contributed by atoms with Gasteiger partial charge in [0.1, 0.15) is 6.54 Å². The Bertz CT molecular complexity index is 625. The van der Waals surface area contributed by atoms with Crippen molar-refractivity contribution in [3.63, 3.8) is 0 Å². The van der Waals surface area contributed by atoms with Gasteiger partial charge in [0.15, 0.2) is 0 Å². The number of aromatic nitrogens is 2. The zero-order valence-corrected chi connectivity index (χ0v) is 13.3. The van der Waals surface area contributed by atoms with Gasteiger partial charge in [0.25, 0.3) is 0 Å². The molecule has 1 aromatic carbocycles. The summed E-state index contributed by atoms with van der Waals surface area (Å²) in [5, 5.41) is 6.91. The second-order valence-corrected chi connectivity index (χ2v) is 5.86. The van der Waals surface area contributed by atoms with E-state index in [1.807, 2.05) is 6.07 Å². The number of fused-ring (bicyclic) bond motifs is 1. The van der Waals surface area contributed by atoms with Crippen molar-refractivity contribution in [3.05, 3.63) is 53.9 Å². The van der Waals surface area contributed by atoms with Crippen LogP contribution in [0.4, 0.5) is 0 Å². The Labute approximate surface area is 136 Å². The highest BCUT2D eigenvalue weighted by atomic mass is 16.5. The van der Waals surface area contributed by atoms with Crippen molar-refractivity contribution in [2.24, 2.45) is 0 Å². The molecule has 0 radical (unpaired) electrons. The van der Waals surface area contributed by atoms with Gasteiger partial charge in [-0.15, -0.1) is 0 Å². The third kappa shape index (κ3) is 4.42. The summed E-state index contributed by atoms with van der Waals surface area (Å²) in [5.74, 6) is -0.0169. The van der Waals surface area contributed by atoms with E-state index in [1.54, 1.807) is 17.1 Å². The van der Waals surface area contributed by atoms with E-state index < -0.39 is 0 Å². The van der Waals surface area contributed by atoms with Gasteiger partial charge in [-0.2, -0.15) is 5.10 Å². The Morgan fingerprint density at radius 3 is 3.13 bits per heavy atom. The molecule has 1 atom stereocenters. The van der Waals surface area contributed by atoms with Crippen LogP contribution in [0.1, 0.15) is 36.5 Å². The van der Waals surface area contributed by atoms with Gasteiger partial charge < -0.3 is 10.1 Å². The van der Waals surface area contributed by atoms with E-state index in [0.29, 0.717) is 13.2 Å². The molecule has 0 spiro atoms. The zero-order chi connectivity index (χ0) is 15.9. The number of hydrogen-bond donors (Lipinski definition) is 1. The molecule has 5 heteroatoms. The van der Waals surface area contributed by atoms with Gasteiger partial charge in [0, 0.05) is 25.5 Å². The van der Waals surface area contributed by atoms with Gasteiger partial charge in [-0.05, 0) is 42.9 Å². The topological polar surface area (TPSA) is 56.2 Å². The Morgan fingerprint density at radius 2 is 2.26 bits per heavy atom. The monoisotopic (exact) mass is 313 g/mol. The molecule has 0 saturated carbocycles. The summed E-state index contributed by atoms with van der Waals surface area (Å²) in [5.41, 5.74) is 2.75. The number of benzene rings is 1. The van der Waals surface area contributed by atoms with Crippen LogP contribution in [0, 0.1) is 0 Å². The number of amides is 1. The summed E-state index contributed by atoms with van der Waals surface area (Å²) >= 11 is 0. The Balaban J connectivity index is 1.35. The lowest BCUT2D eigenvalue weighted by atomic mass is 9.89. The van der Waals surface area contributed by atoms with Crippen molar-refractivity contribution in [1.82, 2.24) is 15.1 Å². The predicted molar refractivity (Wildman–Crippen MR) is 87.9 cm³/mol. The number of rotatable bonds is 7. The van der Waals surface area contributed by atoms with Gasteiger partial charge >= 0.3 is 0 Å². The second-order valence-electron chi connectivity index (χ2n) is 5.86. The zero-order valence-electron chi connectivity index (χ0n) is 13.3. The number of carbonyl (C=O) groups is 1. The minimum atomic E-state index is -0.0169. The van der Waals surface area contributed by atoms with Crippen molar-refractivity contribution >= 4 is 5.91 Å². The summed E-state index contributed by atoms with van der Waals surface area (Å²) in [4.78, 5) is 11.7. The molecular weight excluding hydrogens is 290 g/mol. The minimum Gasteiger partial charge on any atom is -0.373 e. The summed E-state index contributed by atoms with van der Waals surface area (Å²) < 4.78 is 7.64. The quantitative estimate of drug-likeness (QED) is 0.799. The first-order chi connectivity index (χ1) is 11.3. The first kappa shape index (κ1) is 15.7. The molecule has 1 heterocycles. The van der Waals surface area contributed by atoms with E-state index in [-0.39, 0.29) is 18.6 Å². The van der Waals surface area contributed by atoms with Gasteiger partial charge in [0.05, 0.1) is 6.10 Å². The Hall–Kier alpha value is -2.14. The molecule has 1 amide bonds. The molecule has 0 fully saturated rings. The number of nitrogens with zero attached hydrogens (tertiary/aromatic N) is 2. The maximum atomic E-state index is 11.7. The van der Waals surface area contributed by atoms with Crippen LogP contribution in [0.2, 0.25) is 0 Å². The average molecular weight is 313 g/mol. The van der Waals surface area contributed by atoms with Crippen molar-refractivity contribution in [2.75, 3.05) is 13.2 Å². The molecule has 1 aromatic heterocycles. The summed E-state index contributed by atoms with van der Waals surface area (Å²) in [7, 11) is 0. The standard InChI is InChI=1S/C18H23N3O2/c22-18(14-21-12-4-11-20-21)19-10-5-13-23-17-9-3-7-15-6-1-2-8-16(15)17/h1-2,4,6,8,11-12,17H,3,5,7,9-10,13-14H2,(H,19,22)/t17-/m1/s1. The lowest BCUT2D eigenvalue weighted by Crippen LogP contribution is -2.29. The summed E-state index contributed by atoms with van der Waals surface area (Å²) in [6.45, 7) is 1.57. The Kier molecular flexibility index (Phi) is 5.42. The molecule has 2 aromatic rings. The molecule has 122 valence electrons. The first-order valence-corrected chi connectivity index (χ1v) is 8.26. The summed E-state index contributed by atoms with van der Waals surface area (Å²) in [6.07, 6.45) is 7.90. The summed E-state index contributed by atoms with van der Waals surface area (Å²) in [6, 6.07) is 10.3. The molecule has 0 saturated heterocycles. The fourth-order valence-corrected chi connectivity index (χ4v) is 3.01. The maximum Gasteiger partial charge on any atom is 0.241 e. The lowest BCUT2D eigenvalue weighted by Gasteiger charge is -2.25. The second kappa shape index (κ2) is 7.92. The molecule has 1 N–H and O–H groups in total. The number of hydrogen-bond acceptors (Lipinski definition) is 3. The van der Waals surface area contributed by atoms with Crippen LogP contribution in [0.5, 0.6) is 0 Å². The molecule has 23 heavy (non-hydrogen) atoms. The van der Waals surface area contributed by atoms with Crippen LogP contribution >= 0.6 is 0 Å². The van der Waals surface area contributed by atoms with Crippen LogP contribution in [0.3, 0.4) is 0 Å². The lowest BCUT2D eigenvalue weighted by molar-refractivity contribution is -0.121. The number of aryl methyl sites for hydroxylation is 1. The highest BCUT2D eigenvalue weighted by Crippen LogP contribution is 2.32. The fourth-order valence-electron chi connectivity index (χ4n) is 3.01. The number of ether oxygens (including phenoxy) is 1. The smallest absolute Gasteiger partial charge is 0.241 e. The Morgan fingerprint density at radius 1 is 1.35 bits per heavy atom. The molecule has 5 nitrogen and oxygen atoms in total. The highest BCUT2D eigenvalue weighted by molar-refractivity contribution is 5.75. The molecule has 3 rings (SSSR count). The number of carbonyl (C=O) groups excluding carboxylic acids is 1. The average Bonchev–Trinajstić information content (AvgIpc) is 3.07.